The summed E-state index contributed by atoms with van der Waals surface area (Å²) in [4.78, 5) is 0. The van der Waals surface area contributed by atoms with Crippen molar-refractivity contribution in [2.45, 2.75) is 19.8 Å². The van der Waals surface area contributed by atoms with Crippen LogP contribution in [0.15, 0.2) is 24.3 Å². The lowest BCUT2D eigenvalue weighted by Gasteiger charge is -2.09. The normalized spacial score (nSPS) is 11.8. The molecule has 0 aliphatic rings. The van der Waals surface area contributed by atoms with Crippen LogP contribution in [0, 0.1) is 0 Å². The van der Waals surface area contributed by atoms with E-state index in [1.165, 1.54) is 5.56 Å². The Morgan fingerprint density at radius 3 is 2.26 bits per heavy atom. The van der Waals surface area contributed by atoms with Crippen molar-refractivity contribution in [3.05, 3.63) is 29.8 Å². The molecule has 1 aromatic rings. The smallest absolute Gasteiger partial charge is 0.211 e. The van der Waals surface area contributed by atoms with Gasteiger partial charge in [-0.15, -0.1) is 0 Å². The highest BCUT2D eigenvalue weighted by Gasteiger charge is 2.02. The van der Waals surface area contributed by atoms with Crippen molar-refractivity contribution in [1.29, 1.82) is 0 Å². The van der Waals surface area contributed by atoms with Crippen molar-refractivity contribution in [1.82, 2.24) is 0 Å². The van der Waals surface area contributed by atoms with Gasteiger partial charge in [-0.25, -0.2) is 13.6 Å². The van der Waals surface area contributed by atoms with Gasteiger partial charge in [0.25, 0.3) is 0 Å². The molecule has 19 heavy (non-hydrogen) atoms. The van der Waals surface area contributed by atoms with Crippen LogP contribution >= 0.6 is 0 Å². The van der Waals surface area contributed by atoms with Crippen molar-refractivity contribution < 1.29 is 17.9 Å². The summed E-state index contributed by atoms with van der Waals surface area (Å²) in [6.07, 6.45) is 0. The van der Waals surface area contributed by atoms with Crippen LogP contribution in [0.2, 0.25) is 0 Å². The molecule has 1 rings (SSSR count). The van der Waals surface area contributed by atoms with E-state index >= 15 is 0 Å². The largest absolute Gasteiger partial charge is 0.491 e. The summed E-state index contributed by atoms with van der Waals surface area (Å²) in [6, 6.07) is 7.89. The Kier molecular flexibility index (Phi) is 6.27. The first-order valence-electron chi connectivity index (χ1n) is 6.19. The molecule has 0 radical (unpaired) electrons. The number of benzene rings is 1. The average molecular weight is 287 g/mol. The van der Waals surface area contributed by atoms with Crippen LogP contribution in [-0.4, -0.2) is 34.0 Å². The van der Waals surface area contributed by atoms with Crippen LogP contribution in [0.5, 0.6) is 5.75 Å². The molecule has 1 aromatic carbocycles. The highest BCUT2D eigenvalue weighted by atomic mass is 32.2. The fraction of sp³-hybridized carbons (Fsp3) is 0.538. The second kappa shape index (κ2) is 7.47. The Labute approximate surface area is 114 Å². The molecule has 5 nitrogen and oxygen atoms in total. The summed E-state index contributed by atoms with van der Waals surface area (Å²) in [7, 11) is -3.44. The van der Waals surface area contributed by atoms with E-state index in [0.29, 0.717) is 19.1 Å². The quantitative estimate of drug-likeness (QED) is 0.735. The number of hydrogen-bond acceptors (Lipinski definition) is 4. The predicted molar refractivity (Wildman–Crippen MR) is 74.8 cm³/mol. The van der Waals surface area contributed by atoms with Crippen molar-refractivity contribution in [2.24, 2.45) is 5.14 Å². The molecule has 0 aliphatic heterocycles. The van der Waals surface area contributed by atoms with Crippen molar-refractivity contribution >= 4 is 10.0 Å². The third kappa shape index (κ3) is 7.15. The topological polar surface area (TPSA) is 78.6 Å². The Morgan fingerprint density at radius 1 is 1.11 bits per heavy atom. The van der Waals surface area contributed by atoms with Gasteiger partial charge in [0.1, 0.15) is 12.4 Å². The van der Waals surface area contributed by atoms with Crippen molar-refractivity contribution in [3.63, 3.8) is 0 Å². The Bertz CT molecular complexity index is 468. The molecule has 0 aliphatic carbocycles. The van der Waals surface area contributed by atoms with Gasteiger partial charge in [0, 0.05) is 0 Å². The standard InChI is InChI=1S/C13H21NO4S/c1-11(2)12-3-5-13(6-4-12)18-8-7-17-9-10-19(14,15)16/h3-6,11H,7-10H2,1-2H3,(H2,14,15,16). The summed E-state index contributed by atoms with van der Waals surface area (Å²) in [5.41, 5.74) is 1.26. The zero-order valence-electron chi connectivity index (χ0n) is 11.3. The number of primary sulfonamides is 1. The molecule has 0 spiro atoms. The lowest BCUT2D eigenvalue weighted by Crippen LogP contribution is -2.21. The minimum atomic E-state index is -3.44. The summed E-state index contributed by atoms with van der Waals surface area (Å²) in [6.45, 7) is 5.08. The fourth-order valence-corrected chi connectivity index (χ4v) is 1.79. The van der Waals surface area contributed by atoms with Crippen LogP contribution in [-0.2, 0) is 14.8 Å². The van der Waals surface area contributed by atoms with Gasteiger partial charge in [-0.3, -0.25) is 0 Å². The Morgan fingerprint density at radius 2 is 1.74 bits per heavy atom. The lowest BCUT2D eigenvalue weighted by molar-refractivity contribution is 0.111. The molecule has 0 bridgehead atoms. The number of ether oxygens (including phenoxy) is 2. The number of sulfonamides is 1. The fourth-order valence-electron chi connectivity index (χ4n) is 1.44. The van der Waals surface area contributed by atoms with Gasteiger partial charge >= 0.3 is 0 Å². The van der Waals surface area contributed by atoms with Crippen LogP contribution in [0.25, 0.3) is 0 Å². The molecule has 0 saturated heterocycles. The van der Waals surface area contributed by atoms with E-state index in [-0.39, 0.29) is 12.4 Å². The van der Waals surface area contributed by atoms with E-state index < -0.39 is 10.0 Å². The summed E-state index contributed by atoms with van der Waals surface area (Å²) < 4.78 is 31.9. The van der Waals surface area contributed by atoms with E-state index in [1.54, 1.807) is 0 Å². The number of rotatable bonds is 8. The molecule has 0 unspecified atom stereocenters. The van der Waals surface area contributed by atoms with Crippen LogP contribution in [0.1, 0.15) is 25.3 Å². The first-order valence-corrected chi connectivity index (χ1v) is 7.91. The van der Waals surface area contributed by atoms with E-state index in [1.807, 2.05) is 24.3 Å². The second-order valence-corrected chi connectivity index (χ2v) is 6.29. The van der Waals surface area contributed by atoms with Gasteiger partial charge in [0.05, 0.1) is 19.0 Å². The molecule has 2 N–H and O–H groups in total. The maximum atomic E-state index is 10.6. The zero-order valence-corrected chi connectivity index (χ0v) is 12.2. The van der Waals surface area contributed by atoms with E-state index in [2.05, 4.69) is 13.8 Å². The summed E-state index contributed by atoms with van der Waals surface area (Å²) in [5, 5.41) is 4.84. The second-order valence-electron chi connectivity index (χ2n) is 4.55. The predicted octanol–water partition coefficient (Wildman–Crippen LogP) is 1.49. The third-order valence-corrected chi connectivity index (χ3v) is 3.29. The molecule has 6 heteroatoms. The minimum Gasteiger partial charge on any atom is -0.491 e. The molecular weight excluding hydrogens is 266 g/mol. The molecule has 0 saturated carbocycles. The third-order valence-electron chi connectivity index (χ3n) is 2.56. The highest BCUT2D eigenvalue weighted by molar-refractivity contribution is 7.89. The molecule has 0 atom stereocenters. The van der Waals surface area contributed by atoms with E-state index in [4.69, 9.17) is 14.6 Å². The summed E-state index contributed by atoms with van der Waals surface area (Å²) in [5.74, 6) is 1.10. The van der Waals surface area contributed by atoms with Gasteiger partial charge in [-0.05, 0) is 23.6 Å². The van der Waals surface area contributed by atoms with E-state index in [0.717, 1.165) is 5.75 Å². The Balaban J connectivity index is 2.19. The average Bonchev–Trinajstić information content (AvgIpc) is 2.33. The summed E-state index contributed by atoms with van der Waals surface area (Å²) >= 11 is 0. The van der Waals surface area contributed by atoms with Gasteiger partial charge in [0.2, 0.25) is 10.0 Å². The number of hydrogen-bond donors (Lipinski definition) is 1. The van der Waals surface area contributed by atoms with Crippen molar-refractivity contribution in [3.8, 4) is 5.75 Å². The van der Waals surface area contributed by atoms with Crippen LogP contribution in [0.3, 0.4) is 0 Å². The molecular formula is C13H21NO4S. The first-order chi connectivity index (χ1) is 8.88. The van der Waals surface area contributed by atoms with Crippen LogP contribution in [0.4, 0.5) is 0 Å². The van der Waals surface area contributed by atoms with Gasteiger partial charge in [-0.2, -0.15) is 0 Å². The maximum absolute atomic E-state index is 10.6. The first kappa shape index (κ1) is 15.9. The van der Waals surface area contributed by atoms with Gasteiger partial charge < -0.3 is 9.47 Å². The lowest BCUT2D eigenvalue weighted by atomic mass is 10.0. The van der Waals surface area contributed by atoms with E-state index in [9.17, 15) is 8.42 Å². The minimum absolute atomic E-state index is 0.0917. The molecule has 0 fully saturated rings. The zero-order chi connectivity index (χ0) is 14.3. The molecule has 108 valence electrons. The monoisotopic (exact) mass is 287 g/mol. The SMILES string of the molecule is CC(C)c1ccc(OCCOCCS(N)(=O)=O)cc1. The van der Waals surface area contributed by atoms with Gasteiger partial charge in [0.15, 0.2) is 0 Å². The van der Waals surface area contributed by atoms with Crippen molar-refractivity contribution in [2.75, 3.05) is 25.6 Å². The molecule has 0 heterocycles. The molecule has 0 amide bonds. The molecule has 0 aromatic heterocycles. The maximum Gasteiger partial charge on any atom is 0.211 e. The Hall–Kier alpha value is -1.11. The highest BCUT2D eigenvalue weighted by Crippen LogP contribution is 2.18. The van der Waals surface area contributed by atoms with Gasteiger partial charge in [-0.1, -0.05) is 26.0 Å². The number of nitrogens with two attached hydrogens (primary N) is 1. The van der Waals surface area contributed by atoms with Crippen LogP contribution < -0.4 is 9.88 Å².